The van der Waals surface area contributed by atoms with Gasteiger partial charge >= 0.3 is 0 Å². The second-order valence-electron chi connectivity index (χ2n) is 6.13. The largest absolute Gasteiger partial charge is 0.493 e. The molecule has 2 aromatic carbocycles. The Morgan fingerprint density at radius 3 is 2.41 bits per heavy atom. The predicted octanol–water partition coefficient (Wildman–Crippen LogP) is 2.95. The molecule has 13 heteroatoms. The number of carbonyl (C=O) groups is 1. The third-order valence-electron chi connectivity index (χ3n) is 4.21. The lowest BCUT2D eigenvalue weighted by atomic mass is 10.1. The van der Waals surface area contributed by atoms with Crippen molar-refractivity contribution in [2.75, 3.05) is 26.6 Å². The highest BCUT2D eigenvalue weighted by Gasteiger charge is 2.23. The normalized spacial score (nSPS) is 11.1. The zero-order valence-electron chi connectivity index (χ0n) is 17.2. The van der Waals surface area contributed by atoms with E-state index in [2.05, 4.69) is 20.2 Å². The molecule has 1 heterocycles. The van der Waals surface area contributed by atoms with Crippen LogP contribution in [0.2, 0.25) is 5.02 Å². The van der Waals surface area contributed by atoms with Gasteiger partial charge in [0.1, 0.15) is 0 Å². The van der Waals surface area contributed by atoms with Gasteiger partial charge < -0.3 is 14.2 Å². The van der Waals surface area contributed by atoms with E-state index in [9.17, 15) is 13.2 Å². The summed E-state index contributed by atoms with van der Waals surface area (Å²) in [7, 11) is 0.358. The van der Waals surface area contributed by atoms with Gasteiger partial charge in [0.2, 0.25) is 15.2 Å². The molecule has 0 radical (unpaired) electrons. The summed E-state index contributed by atoms with van der Waals surface area (Å²) in [6.07, 6.45) is 0. The van der Waals surface area contributed by atoms with E-state index in [0.717, 1.165) is 0 Å². The van der Waals surface area contributed by atoms with Crippen LogP contribution in [0, 0.1) is 0 Å². The number of nitrogens with zero attached hydrogens (tertiary/aromatic N) is 2. The Bertz CT molecular complexity index is 1230. The Kier molecular flexibility index (Phi) is 7.51. The number of aromatic nitrogens is 2. The summed E-state index contributed by atoms with van der Waals surface area (Å²) >= 11 is 6.71. The summed E-state index contributed by atoms with van der Waals surface area (Å²) in [6.45, 7) is -0.104. The molecule has 0 aliphatic carbocycles. The van der Waals surface area contributed by atoms with Crippen LogP contribution in [0.25, 0.3) is 0 Å². The highest BCUT2D eigenvalue weighted by atomic mass is 35.5. The van der Waals surface area contributed by atoms with Gasteiger partial charge in [-0.2, -0.15) is 0 Å². The van der Waals surface area contributed by atoms with Crippen molar-refractivity contribution in [3.8, 4) is 17.2 Å². The fourth-order valence-electron chi connectivity index (χ4n) is 2.72. The van der Waals surface area contributed by atoms with E-state index in [4.69, 9.17) is 25.8 Å². The van der Waals surface area contributed by atoms with Crippen LogP contribution in [0.15, 0.2) is 40.7 Å². The van der Waals surface area contributed by atoms with Crippen LogP contribution in [0.5, 0.6) is 17.2 Å². The molecule has 0 unspecified atom stereocenters. The Morgan fingerprint density at radius 1 is 1.03 bits per heavy atom. The summed E-state index contributed by atoms with van der Waals surface area (Å²) < 4.78 is 43.3. The summed E-state index contributed by atoms with van der Waals surface area (Å²) in [5.74, 6) is 0.587. The highest BCUT2D eigenvalue weighted by molar-refractivity contribution is 7.91. The average molecular weight is 499 g/mol. The van der Waals surface area contributed by atoms with Gasteiger partial charge in [0.15, 0.2) is 11.5 Å². The summed E-state index contributed by atoms with van der Waals surface area (Å²) in [6, 6.07) is 9.74. The van der Waals surface area contributed by atoms with E-state index in [1.807, 2.05) is 0 Å². The number of rotatable bonds is 9. The number of ether oxygens (including phenoxy) is 3. The van der Waals surface area contributed by atoms with Crippen LogP contribution >= 0.6 is 22.9 Å². The number of sulfonamides is 1. The number of amides is 1. The van der Waals surface area contributed by atoms with E-state index < -0.39 is 15.9 Å². The predicted molar refractivity (Wildman–Crippen MR) is 119 cm³/mol. The smallest absolute Gasteiger partial charge is 0.270 e. The maximum absolute atomic E-state index is 12.7. The molecule has 0 aliphatic rings. The molecular formula is C19H19ClN4O6S2. The van der Waals surface area contributed by atoms with Crippen LogP contribution in [0.3, 0.4) is 0 Å². The lowest BCUT2D eigenvalue weighted by Crippen LogP contribution is -2.23. The monoisotopic (exact) mass is 498 g/mol. The maximum atomic E-state index is 12.7. The number of benzene rings is 2. The van der Waals surface area contributed by atoms with E-state index in [-0.39, 0.29) is 26.6 Å². The third kappa shape index (κ3) is 5.10. The number of carbonyl (C=O) groups excluding carboxylic acids is 1. The van der Waals surface area contributed by atoms with Crippen molar-refractivity contribution in [1.82, 2.24) is 14.9 Å². The van der Waals surface area contributed by atoms with Gasteiger partial charge in [-0.05, 0) is 18.2 Å². The van der Waals surface area contributed by atoms with Gasteiger partial charge in [-0.15, -0.1) is 10.2 Å². The number of nitrogens with one attached hydrogen (secondary N) is 2. The van der Waals surface area contributed by atoms with Crippen molar-refractivity contribution in [3.63, 3.8) is 0 Å². The molecule has 0 saturated heterocycles. The first-order valence-corrected chi connectivity index (χ1v) is 11.7. The topological polar surface area (TPSA) is 129 Å². The molecular weight excluding hydrogens is 480 g/mol. The Hall–Kier alpha value is -2.93. The second kappa shape index (κ2) is 10.1. The molecule has 2 N–H and O–H groups in total. The standard InChI is InChI=1S/C19H19ClN4O6S2/c1-28-14-9-8-11(15(29-2)16(14)30-3)10-21-32(26,27)19-24-23-18(31-19)22-17(25)12-6-4-5-7-13(12)20/h4-9,21H,10H2,1-3H3,(H,22,23,25). The van der Waals surface area contributed by atoms with Crippen LogP contribution in [-0.2, 0) is 16.6 Å². The number of hydrogen-bond acceptors (Lipinski definition) is 9. The zero-order valence-corrected chi connectivity index (χ0v) is 19.6. The lowest BCUT2D eigenvalue weighted by molar-refractivity contribution is 0.102. The van der Waals surface area contributed by atoms with E-state index in [1.165, 1.54) is 27.4 Å². The average Bonchev–Trinajstić information content (AvgIpc) is 3.26. The molecule has 0 atom stereocenters. The molecule has 0 spiro atoms. The minimum Gasteiger partial charge on any atom is -0.493 e. The summed E-state index contributed by atoms with van der Waals surface area (Å²) in [4.78, 5) is 12.3. The Balaban J connectivity index is 1.74. The molecule has 10 nitrogen and oxygen atoms in total. The van der Waals surface area contributed by atoms with Crippen molar-refractivity contribution >= 4 is 44.0 Å². The molecule has 3 aromatic rings. The molecule has 170 valence electrons. The molecule has 3 rings (SSSR count). The van der Waals surface area contributed by atoms with Crippen LogP contribution in [-0.4, -0.2) is 45.9 Å². The van der Waals surface area contributed by atoms with Gasteiger partial charge in [0.25, 0.3) is 15.9 Å². The second-order valence-corrected chi connectivity index (χ2v) is 9.45. The van der Waals surface area contributed by atoms with Gasteiger partial charge in [-0.1, -0.05) is 41.1 Å². The zero-order chi connectivity index (χ0) is 23.3. The first-order chi connectivity index (χ1) is 15.3. The van der Waals surface area contributed by atoms with E-state index >= 15 is 0 Å². The number of anilines is 1. The van der Waals surface area contributed by atoms with Crippen molar-refractivity contribution in [1.29, 1.82) is 0 Å². The van der Waals surface area contributed by atoms with E-state index in [1.54, 1.807) is 30.3 Å². The molecule has 32 heavy (non-hydrogen) atoms. The van der Waals surface area contributed by atoms with Gasteiger partial charge in [-0.25, -0.2) is 13.1 Å². The number of methoxy groups -OCH3 is 3. The Morgan fingerprint density at radius 2 is 1.75 bits per heavy atom. The summed E-state index contributed by atoms with van der Waals surface area (Å²) in [5, 5.41) is 10.2. The minimum absolute atomic E-state index is 0.0130. The van der Waals surface area contributed by atoms with Gasteiger partial charge in [0, 0.05) is 12.1 Å². The molecule has 0 fully saturated rings. The van der Waals surface area contributed by atoms with Crippen molar-refractivity contribution in [2.24, 2.45) is 0 Å². The third-order valence-corrected chi connectivity index (χ3v) is 7.15. The summed E-state index contributed by atoms with van der Waals surface area (Å²) in [5.41, 5.74) is 0.748. The number of halogens is 1. The van der Waals surface area contributed by atoms with Gasteiger partial charge in [0.05, 0.1) is 31.9 Å². The van der Waals surface area contributed by atoms with E-state index in [0.29, 0.717) is 34.1 Å². The first-order valence-electron chi connectivity index (χ1n) is 8.97. The molecule has 0 saturated carbocycles. The fourth-order valence-corrected chi connectivity index (χ4v) is 4.88. The molecule has 1 amide bonds. The molecule has 0 bridgehead atoms. The van der Waals surface area contributed by atoms with Crippen molar-refractivity contribution < 1.29 is 27.4 Å². The first kappa shape index (κ1) is 23.7. The van der Waals surface area contributed by atoms with Gasteiger partial charge in [-0.3, -0.25) is 10.1 Å². The van der Waals surface area contributed by atoms with Crippen LogP contribution in [0.4, 0.5) is 5.13 Å². The number of hydrogen-bond donors (Lipinski definition) is 2. The SMILES string of the molecule is COc1ccc(CNS(=O)(=O)c2nnc(NC(=O)c3ccccc3Cl)s2)c(OC)c1OC. The lowest BCUT2D eigenvalue weighted by Gasteiger charge is -2.15. The Labute approximate surface area is 193 Å². The van der Waals surface area contributed by atoms with Crippen molar-refractivity contribution in [2.45, 2.75) is 10.9 Å². The highest BCUT2D eigenvalue weighted by Crippen LogP contribution is 2.39. The fraction of sp³-hybridized carbons (Fsp3) is 0.211. The van der Waals surface area contributed by atoms with Crippen LogP contribution in [0.1, 0.15) is 15.9 Å². The molecule has 0 aliphatic heterocycles. The quantitative estimate of drug-likeness (QED) is 0.431. The minimum atomic E-state index is -4.02. The molecule has 1 aromatic heterocycles. The maximum Gasteiger partial charge on any atom is 0.270 e. The van der Waals surface area contributed by atoms with Crippen molar-refractivity contribution in [3.05, 3.63) is 52.5 Å². The van der Waals surface area contributed by atoms with Crippen LogP contribution < -0.4 is 24.2 Å².